The van der Waals surface area contributed by atoms with Gasteiger partial charge in [-0.1, -0.05) is 36.4 Å². The van der Waals surface area contributed by atoms with Gasteiger partial charge >= 0.3 is 0 Å². The monoisotopic (exact) mass is 365 g/mol. The lowest BCUT2D eigenvalue weighted by Gasteiger charge is -2.14. The number of amides is 2. The van der Waals surface area contributed by atoms with E-state index in [1.54, 1.807) is 0 Å². The molecule has 0 bridgehead atoms. The largest absolute Gasteiger partial charge is 0.369 e. The fourth-order valence-electron chi connectivity index (χ4n) is 3.37. The lowest BCUT2D eigenvalue weighted by atomic mass is 9.97. The molecule has 27 heavy (non-hydrogen) atoms. The van der Waals surface area contributed by atoms with Gasteiger partial charge in [0.2, 0.25) is 11.8 Å². The van der Waals surface area contributed by atoms with Crippen molar-refractivity contribution in [1.82, 2.24) is 4.90 Å². The molecule has 1 atom stereocenters. The van der Waals surface area contributed by atoms with Gasteiger partial charge in [0.1, 0.15) is 0 Å². The van der Waals surface area contributed by atoms with Crippen molar-refractivity contribution in [3.63, 3.8) is 0 Å². The van der Waals surface area contributed by atoms with Crippen LogP contribution < -0.4 is 11.1 Å². The first kappa shape index (κ1) is 19.1. The summed E-state index contributed by atoms with van der Waals surface area (Å²) in [5, 5.41) is 2.97. The molecule has 1 aliphatic heterocycles. The number of hydrogen-bond acceptors (Lipinski definition) is 3. The highest BCUT2D eigenvalue weighted by Gasteiger charge is 2.15. The zero-order chi connectivity index (χ0) is 19.2. The van der Waals surface area contributed by atoms with Crippen LogP contribution in [0.3, 0.4) is 0 Å². The van der Waals surface area contributed by atoms with Crippen LogP contribution in [-0.4, -0.2) is 36.3 Å². The summed E-state index contributed by atoms with van der Waals surface area (Å²) in [5.41, 5.74) is 9.45. The summed E-state index contributed by atoms with van der Waals surface area (Å²) in [6, 6.07) is 15.9. The van der Waals surface area contributed by atoms with Crippen LogP contribution in [-0.2, 0) is 16.0 Å². The van der Waals surface area contributed by atoms with Gasteiger partial charge in [-0.3, -0.25) is 14.5 Å². The summed E-state index contributed by atoms with van der Waals surface area (Å²) in [7, 11) is 0. The van der Waals surface area contributed by atoms with Crippen molar-refractivity contribution in [2.45, 2.75) is 32.1 Å². The Bertz CT molecular complexity index is 778. The van der Waals surface area contributed by atoms with Crippen LogP contribution in [0.2, 0.25) is 0 Å². The molecule has 142 valence electrons. The van der Waals surface area contributed by atoms with E-state index in [1.807, 2.05) is 55.5 Å². The summed E-state index contributed by atoms with van der Waals surface area (Å²) >= 11 is 0. The summed E-state index contributed by atoms with van der Waals surface area (Å²) in [4.78, 5) is 25.6. The van der Waals surface area contributed by atoms with Crippen LogP contribution in [0.1, 0.15) is 42.4 Å². The van der Waals surface area contributed by atoms with E-state index in [0.717, 1.165) is 30.8 Å². The summed E-state index contributed by atoms with van der Waals surface area (Å²) < 4.78 is 0. The molecule has 1 fully saturated rings. The van der Waals surface area contributed by atoms with Crippen LogP contribution in [0.5, 0.6) is 0 Å². The summed E-state index contributed by atoms with van der Waals surface area (Å²) in [6.45, 7) is 4.32. The van der Waals surface area contributed by atoms with E-state index in [0.29, 0.717) is 6.54 Å². The van der Waals surface area contributed by atoms with Crippen molar-refractivity contribution in [3.8, 4) is 0 Å². The van der Waals surface area contributed by atoms with Crippen molar-refractivity contribution in [1.29, 1.82) is 0 Å². The number of rotatable bonds is 7. The average Bonchev–Trinajstić information content (AvgIpc) is 3.16. The lowest BCUT2D eigenvalue weighted by Crippen LogP contribution is -2.30. The first-order valence-corrected chi connectivity index (χ1v) is 9.50. The van der Waals surface area contributed by atoms with Crippen molar-refractivity contribution in [3.05, 3.63) is 65.2 Å². The molecule has 2 amide bonds. The molecule has 0 aliphatic carbocycles. The zero-order valence-electron chi connectivity index (χ0n) is 15.8. The quantitative estimate of drug-likeness (QED) is 0.792. The standard InChI is InChI=1S/C22H27N3O2/c1-16(22(23)27)19-8-4-17(5-9-19)14-18-6-10-20(11-7-18)24-21(26)15-25-12-2-3-13-25/h4-11,16H,2-3,12-15H2,1H3,(H2,23,27)(H,24,26). The Morgan fingerprint density at radius 3 is 2.11 bits per heavy atom. The van der Waals surface area contributed by atoms with E-state index < -0.39 is 0 Å². The number of carbonyl (C=O) groups excluding carboxylic acids is 2. The summed E-state index contributed by atoms with van der Waals surface area (Å²) in [6.07, 6.45) is 3.17. The van der Waals surface area contributed by atoms with Crippen LogP contribution >= 0.6 is 0 Å². The number of anilines is 1. The van der Waals surface area contributed by atoms with E-state index in [2.05, 4.69) is 10.2 Å². The molecular weight excluding hydrogens is 338 g/mol. The fourth-order valence-corrected chi connectivity index (χ4v) is 3.37. The Labute approximate surface area is 160 Å². The highest BCUT2D eigenvalue weighted by atomic mass is 16.2. The molecule has 0 aromatic heterocycles. The minimum atomic E-state index is -0.315. The van der Waals surface area contributed by atoms with Gasteiger partial charge in [-0.05, 0) is 68.1 Å². The molecule has 1 aliphatic rings. The van der Waals surface area contributed by atoms with E-state index >= 15 is 0 Å². The third kappa shape index (κ3) is 5.41. The average molecular weight is 365 g/mol. The molecule has 3 rings (SSSR count). The van der Waals surface area contributed by atoms with Crippen LogP contribution in [0.4, 0.5) is 5.69 Å². The number of nitrogens with zero attached hydrogens (tertiary/aromatic N) is 1. The van der Waals surface area contributed by atoms with Gasteiger partial charge in [-0.25, -0.2) is 0 Å². The van der Waals surface area contributed by atoms with E-state index in [1.165, 1.54) is 24.0 Å². The number of nitrogens with two attached hydrogens (primary N) is 1. The molecule has 2 aromatic carbocycles. The first-order valence-electron chi connectivity index (χ1n) is 9.50. The van der Waals surface area contributed by atoms with Gasteiger partial charge in [0, 0.05) is 5.69 Å². The highest BCUT2D eigenvalue weighted by Crippen LogP contribution is 2.18. The van der Waals surface area contributed by atoms with Gasteiger partial charge < -0.3 is 11.1 Å². The molecule has 1 heterocycles. The summed E-state index contributed by atoms with van der Waals surface area (Å²) in [5.74, 6) is -0.545. The maximum absolute atomic E-state index is 12.1. The molecule has 5 heteroatoms. The first-order chi connectivity index (χ1) is 13.0. The Hall–Kier alpha value is -2.66. The number of nitrogens with one attached hydrogen (secondary N) is 1. The molecule has 2 aromatic rings. The van der Waals surface area contributed by atoms with Gasteiger partial charge in [-0.2, -0.15) is 0 Å². The normalized spacial score (nSPS) is 15.4. The molecule has 1 unspecified atom stereocenters. The van der Waals surface area contributed by atoms with Crippen molar-refractivity contribution in [2.24, 2.45) is 5.73 Å². The van der Waals surface area contributed by atoms with Crippen LogP contribution in [0, 0.1) is 0 Å². The lowest BCUT2D eigenvalue weighted by molar-refractivity contribution is -0.119. The fraction of sp³-hybridized carbons (Fsp3) is 0.364. The predicted octanol–water partition coefficient (Wildman–Crippen LogP) is 2.90. The van der Waals surface area contributed by atoms with E-state index in [-0.39, 0.29) is 17.7 Å². The number of likely N-dealkylation sites (tertiary alicyclic amines) is 1. The topological polar surface area (TPSA) is 75.4 Å². The number of carbonyl (C=O) groups is 2. The minimum Gasteiger partial charge on any atom is -0.369 e. The maximum Gasteiger partial charge on any atom is 0.238 e. The van der Waals surface area contributed by atoms with Gasteiger partial charge in [0.15, 0.2) is 0 Å². The van der Waals surface area contributed by atoms with E-state index in [9.17, 15) is 9.59 Å². The second-order valence-electron chi connectivity index (χ2n) is 7.27. The second-order valence-corrected chi connectivity index (χ2v) is 7.27. The zero-order valence-corrected chi connectivity index (χ0v) is 15.8. The van der Waals surface area contributed by atoms with E-state index in [4.69, 9.17) is 5.73 Å². The smallest absolute Gasteiger partial charge is 0.238 e. The molecular formula is C22H27N3O2. The van der Waals surface area contributed by atoms with Crippen LogP contribution in [0.25, 0.3) is 0 Å². The molecule has 0 spiro atoms. The molecule has 0 saturated carbocycles. The number of primary amides is 1. The highest BCUT2D eigenvalue weighted by molar-refractivity contribution is 5.92. The van der Waals surface area contributed by atoms with Crippen molar-refractivity contribution >= 4 is 17.5 Å². The molecule has 1 saturated heterocycles. The van der Waals surface area contributed by atoms with Gasteiger partial charge in [0.05, 0.1) is 12.5 Å². The van der Waals surface area contributed by atoms with Crippen molar-refractivity contribution in [2.75, 3.05) is 25.0 Å². The third-order valence-corrected chi connectivity index (χ3v) is 5.12. The Morgan fingerprint density at radius 2 is 1.56 bits per heavy atom. The Kier molecular flexibility index (Phi) is 6.24. The van der Waals surface area contributed by atoms with Gasteiger partial charge in [-0.15, -0.1) is 0 Å². The SMILES string of the molecule is CC(C(N)=O)c1ccc(Cc2ccc(NC(=O)CN3CCCC3)cc2)cc1. The molecule has 5 nitrogen and oxygen atoms in total. The predicted molar refractivity (Wildman–Crippen MR) is 108 cm³/mol. The van der Waals surface area contributed by atoms with Crippen molar-refractivity contribution < 1.29 is 9.59 Å². The van der Waals surface area contributed by atoms with Crippen LogP contribution in [0.15, 0.2) is 48.5 Å². The Morgan fingerprint density at radius 1 is 1.00 bits per heavy atom. The third-order valence-electron chi connectivity index (χ3n) is 5.12. The second kappa shape index (κ2) is 8.82. The van der Waals surface area contributed by atoms with Gasteiger partial charge in [0.25, 0.3) is 0 Å². The minimum absolute atomic E-state index is 0.0452. The Balaban J connectivity index is 1.54. The molecule has 3 N–H and O–H groups in total. The maximum atomic E-state index is 12.1. The number of benzene rings is 2. The molecule has 0 radical (unpaired) electrons. The number of hydrogen-bond donors (Lipinski definition) is 2.